The Kier molecular flexibility index (Phi) is 3.83. The summed E-state index contributed by atoms with van der Waals surface area (Å²) < 4.78 is 19.3. The summed E-state index contributed by atoms with van der Waals surface area (Å²) in [5.41, 5.74) is 1.29. The second-order valence-electron chi connectivity index (χ2n) is 4.96. The Bertz CT molecular complexity index is 1020. The van der Waals surface area contributed by atoms with E-state index >= 15 is 0 Å². The molecular formula is C16H10FN3O2S2. The highest BCUT2D eigenvalue weighted by atomic mass is 32.1. The first-order valence-electron chi connectivity index (χ1n) is 7.01. The molecule has 0 N–H and O–H groups in total. The van der Waals surface area contributed by atoms with Crippen molar-refractivity contribution in [3.8, 4) is 21.3 Å². The van der Waals surface area contributed by atoms with Gasteiger partial charge in [-0.15, -0.1) is 27.8 Å². The summed E-state index contributed by atoms with van der Waals surface area (Å²) in [6.07, 6.45) is 0. The molecule has 0 aliphatic heterocycles. The van der Waals surface area contributed by atoms with Gasteiger partial charge in [0.05, 0.1) is 17.1 Å². The van der Waals surface area contributed by atoms with Crippen LogP contribution in [0.2, 0.25) is 0 Å². The van der Waals surface area contributed by atoms with Crippen LogP contribution in [0, 0.1) is 5.82 Å². The molecule has 0 aliphatic carbocycles. The zero-order valence-corrected chi connectivity index (χ0v) is 13.8. The molecule has 3 heterocycles. The second kappa shape index (κ2) is 6.14. The fraction of sp³-hybridized carbons (Fsp3) is 0.0625. The molecule has 1 aromatic carbocycles. The molecule has 24 heavy (non-hydrogen) atoms. The van der Waals surface area contributed by atoms with Crippen molar-refractivity contribution >= 4 is 22.7 Å². The molecular weight excluding hydrogens is 349 g/mol. The van der Waals surface area contributed by atoms with Crippen LogP contribution < -0.4 is 5.76 Å². The van der Waals surface area contributed by atoms with Crippen molar-refractivity contribution in [2.24, 2.45) is 0 Å². The number of rotatable bonds is 4. The number of thiophene rings is 1. The van der Waals surface area contributed by atoms with Crippen molar-refractivity contribution in [2.45, 2.75) is 6.54 Å². The first kappa shape index (κ1) is 15.0. The van der Waals surface area contributed by atoms with E-state index in [0.29, 0.717) is 5.56 Å². The third-order valence-electron chi connectivity index (χ3n) is 3.29. The second-order valence-corrected chi connectivity index (χ2v) is 6.76. The van der Waals surface area contributed by atoms with Crippen LogP contribution in [0.4, 0.5) is 4.39 Å². The van der Waals surface area contributed by atoms with Gasteiger partial charge in [-0.05, 0) is 35.7 Å². The summed E-state index contributed by atoms with van der Waals surface area (Å²) in [4.78, 5) is 17.6. The maximum Gasteiger partial charge on any atom is 0.437 e. The van der Waals surface area contributed by atoms with E-state index in [-0.39, 0.29) is 18.3 Å². The molecule has 0 fully saturated rings. The molecule has 0 saturated heterocycles. The summed E-state index contributed by atoms with van der Waals surface area (Å²) in [6, 6.07) is 9.59. The van der Waals surface area contributed by atoms with Gasteiger partial charge >= 0.3 is 5.76 Å². The van der Waals surface area contributed by atoms with Gasteiger partial charge in [-0.1, -0.05) is 6.07 Å². The van der Waals surface area contributed by atoms with E-state index in [1.54, 1.807) is 11.3 Å². The van der Waals surface area contributed by atoms with Gasteiger partial charge in [-0.3, -0.25) is 0 Å². The van der Waals surface area contributed by atoms with E-state index in [2.05, 4.69) is 10.1 Å². The molecule has 0 unspecified atom stereocenters. The van der Waals surface area contributed by atoms with Gasteiger partial charge in [0, 0.05) is 10.9 Å². The zero-order chi connectivity index (χ0) is 16.5. The van der Waals surface area contributed by atoms with Crippen LogP contribution >= 0.6 is 22.7 Å². The number of hydrogen-bond donors (Lipinski definition) is 0. The maximum absolute atomic E-state index is 13.0. The number of hydrogen-bond acceptors (Lipinski definition) is 6. The summed E-state index contributed by atoms with van der Waals surface area (Å²) >= 11 is 3.14. The highest BCUT2D eigenvalue weighted by molar-refractivity contribution is 7.20. The maximum atomic E-state index is 13.0. The first-order chi connectivity index (χ1) is 11.7. The van der Waals surface area contributed by atoms with Crippen molar-refractivity contribution < 1.29 is 8.81 Å². The predicted molar refractivity (Wildman–Crippen MR) is 90.7 cm³/mol. The molecule has 120 valence electrons. The van der Waals surface area contributed by atoms with Crippen LogP contribution in [-0.2, 0) is 6.54 Å². The van der Waals surface area contributed by atoms with Crippen LogP contribution in [0.5, 0.6) is 0 Å². The average molecular weight is 359 g/mol. The number of halogens is 1. The Labute approximate surface area is 143 Å². The quantitative estimate of drug-likeness (QED) is 0.555. The largest absolute Gasteiger partial charge is 0.437 e. The minimum atomic E-state index is -0.569. The number of nitrogens with zero attached hydrogens (tertiary/aromatic N) is 3. The molecule has 4 rings (SSSR count). The number of benzene rings is 1. The lowest BCUT2D eigenvalue weighted by Crippen LogP contribution is -2.16. The van der Waals surface area contributed by atoms with Crippen molar-refractivity contribution in [1.82, 2.24) is 14.8 Å². The molecule has 5 nitrogen and oxygen atoms in total. The molecule has 4 aromatic rings. The van der Waals surface area contributed by atoms with Crippen molar-refractivity contribution in [1.29, 1.82) is 0 Å². The van der Waals surface area contributed by atoms with E-state index in [1.165, 1.54) is 40.3 Å². The summed E-state index contributed by atoms with van der Waals surface area (Å²) in [6.45, 7) is 0.228. The average Bonchev–Trinajstić information content (AvgIpc) is 3.30. The standard InChI is InChI=1S/C16H10FN3O2S2/c17-11-5-3-10(4-6-11)14-19-20(16(21)22-14)8-12-9-24-15(18-12)13-2-1-7-23-13/h1-7,9H,8H2. The molecule has 0 saturated carbocycles. The highest BCUT2D eigenvalue weighted by Crippen LogP contribution is 2.28. The van der Waals surface area contributed by atoms with E-state index in [9.17, 15) is 9.18 Å². The lowest BCUT2D eigenvalue weighted by atomic mass is 10.2. The normalized spacial score (nSPS) is 11.0. The SMILES string of the molecule is O=c1oc(-c2ccc(F)cc2)nn1Cc1csc(-c2cccs2)n1. The predicted octanol–water partition coefficient (Wildman–Crippen LogP) is 3.88. The van der Waals surface area contributed by atoms with Gasteiger partial charge < -0.3 is 4.42 Å². The summed E-state index contributed by atoms with van der Waals surface area (Å²) in [5, 5.41) is 8.96. The van der Waals surface area contributed by atoms with Crippen LogP contribution in [0.15, 0.2) is 56.4 Å². The van der Waals surface area contributed by atoms with Crippen LogP contribution in [-0.4, -0.2) is 14.8 Å². The van der Waals surface area contributed by atoms with E-state index in [4.69, 9.17) is 4.42 Å². The highest BCUT2D eigenvalue weighted by Gasteiger charge is 2.13. The van der Waals surface area contributed by atoms with Gasteiger partial charge in [0.2, 0.25) is 5.89 Å². The first-order valence-corrected chi connectivity index (χ1v) is 8.77. The van der Waals surface area contributed by atoms with E-state index in [0.717, 1.165) is 15.6 Å². The minimum absolute atomic E-state index is 0.161. The third-order valence-corrected chi connectivity index (χ3v) is 5.22. The Hall–Kier alpha value is -2.58. The molecule has 0 spiro atoms. The monoisotopic (exact) mass is 359 g/mol. The van der Waals surface area contributed by atoms with Gasteiger partial charge in [0.1, 0.15) is 10.8 Å². The lowest BCUT2D eigenvalue weighted by Gasteiger charge is -1.95. The molecule has 8 heteroatoms. The van der Waals surface area contributed by atoms with E-state index in [1.807, 2.05) is 22.9 Å². The molecule has 0 amide bonds. The molecule has 0 aliphatic rings. The van der Waals surface area contributed by atoms with Crippen LogP contribution in [0.25, 0.3) is 21.3 Å². The molecule has 0 atom stereocenters. The smallest absolute Gasteiger partial charge is 0.388 e. The molecule has 0 radical (unpaired) electrons. The Morgan fingerprint density at radius 1 is 1.17 bits per heavy atom. The lowest BCUT2D eigenvalue weighted by molar-refractivity contribution is 0.493. The summed E-state index contributed by atoms with van der Waals surface area (Å²) in [5.74, 6) is -0.766. The van der Waals surface area contributed by atoms with Crippen molar-refractivity contribution in [2.75, 3.05) is 0 Å². The topological polar surface area (TPSA) is 60.9 Å². The van der Waals surface area contributed by atoms with Gasteiger partial charge in [0.15, 0.2) is 0 Å². The fourth-order valence-electron chi connectivity index (χ4n) is 2.16. The third kappa shape index (κ3) is 2.93. The Morgan fingerprint density at radius 3 is 2.75 bits per heavy atom. The number of aromatic nitrogens is 3. The van der Waals surface area contributed by atoms with Gasteiger partial charge in [0.25, 0.3) is 0 Å². The van der Waals surface area contributed by atoms with Gasteiger partial charge in [-0.2, -0.15) is 4.68 Å². The van der Waals surface area contributed by atoms with Gasteiger partial charge in [-0.25, -0.2) is 14.2 Å². The van der Waals surface area contributed by atoms with Crippen molar-refractivity contribution in [3.63, 3.8) is 0 Å². The van der Waals surface area contributed by atoms with Crippen LogP contribution in [0.3, 0.4) is 0 Å². The Morgan fingerprint density at radius 2 is 2.00 bits per heavy atom. The molecule has 0 bridgehead atoms. The molecule has 3 aromatic heterocycles. The van der Waals surface area contributed by atoms with Crippen LogP contribution in [0.1, 0.15) is 5.69 Å². The zero-order valence-electron chi connectivity index (χ0n) is 12.2. The number of thiazole rings is 1. The van der Waals surface area contributed by atoms with E-state index < -0.39 is 5.76 Å². The minimum Gasteiger partial charge on any atom is -0.388 e. The summed E-state index contributed by atoms with van der Waals surface area (Å²) in [7, 11) is 0. The fourth-order valence-corrected chi connectivity index (χ4v) is 3.79. The Balaban J connectivity index is 1.59. The van der Waals surface area contributed by atoms with Crippen molar-refractivity contribution in [3.05, 3.63) is 69.2 Å².